The Bertz CT molecular complexity index is 93.7. The van der Waals surface area contributed by atoms with E-state index in [9.17, 15) is 0 Å². The van der Waals surface area contributed by atoms with Crippen molar-refractivity contribution < 1.29 is 0 Å². The fourth-order valence-electron chi connectivity index (χ4n) is 0.206. The molecule has 0 saturated carbocycles. The highest BCUT2D eigenvalue weighted by Gasteiger charge is 2.40. The number of hydrogen-bond acceptors (Lipinski definition) is 2. The standard InChI is InChI=1S/C4H6S2/c1-4(2)3(5)6-4/h1-2H3. The minimum Gasteiger partial charge on any atom is -0.105 e. The fraction of sp³-hybridized carbons (Fsp3) is 0.750. The maximum absolute atomic E-state index is 4.85. The fourth-order valence-corrected chi connectivity index (χ4v) is 1.24. The Hall–Kier alpha value is 0.440. The lowest BCUT2D eigenvalue weighted by Gasteiger charge is -1.82. The van der Waals surface area contributed by atoms with Gasteiger partial charge in [-0.15, -0.1) is 11.8 Å². The molecule has 0 amide bonds. The van der Waals surface area contributed by atoms with Crippen molar-refractivity contribution in [1.82, 2.24) is 0 Å². The molecule has 0 bridgehead atoms. The molecule has 1 fully saturated rings. The van der Waals surface area contributed by atoms with Crippen LogP contribution >= 0.6 is 24.0 Å². The lowest BCUT2D eigenvalue weighted by Crippen LogP contribution is -1.92. The van der Waals surface area contributed by atoms with E-state index >= 15 is 0 Å². The van der Waals surface area contributed by atoms with Crippen LogP contribution in [0.5, 0.6) is 0 Å². The van der Waals surface area contributed by atoms with Gasteiger partial charge in [-0.1, -0.05) is 12.2 Å². The average molecular weight is 118 g/mol. The van der Waals surface area contributed by atoms with E-state index in [2.05, 4.69) is 13.8 Å². The highest BCUT2D eigenvalue weighted by atomic mass is 32.2. The molecule has 0 N–H and O–H groups in total. The number of thioether (sulfide) groups is 1. The number of thiocarbonyl (C=S) groups is 1. The third-order valence-electron chi connectivity index (χ3n) is 0.798. The van der Waals surface area contributed by atoms with E-state index in [4.69, 9.17) is 12.2 Å². The zero-order chi connectivity index (χ0) is 4.78. The topological polar surface area (TPSA) is 0 Å². The van der Waals surface area contributed by atoms with E-state index in [0.717, 1.165) is 4.20 Å². The van der Waals surface area contributed by atoms with Crippen LogP contribution in [0.25, 0.3) is 0 Å². The Labute approximate surface area is 47.3 Å². The average Bonchev–Trinajstić information content (AvgIpc) is 1.73. The Morgan fingerprint density at radius 2 is 1.83 bits per heavy atom. The van der Waals surface area contributed by atoms with Crippen LogP contribution in [0.15, 0.2) is 0 Å². The SMILES string of the molecule is CC1(C)SC1=S. The lowest BCUT2D eigenvalue weighted by atomic mass is 10.3. The van der Waals surface area contributed by atoms with E-state index in [1.807, 2.05) is 0 Å². The summed E-state index contributed by atoms with van der Waals surface area (Å²) in [5.41, 5.74) is 0. The van der Waals surface area contributed by atoms with Crippen molar-refractivity contribution >= 4 is 28.2 Å². The van der Waals surface area contributed by atoms with Crippen LogP contribution in [0.1, 0.15) is 13.8 Å². The molecule has 0 unspecified atom stereocenters. The van der Waals surface area contributed by atoms with E-state index in [0.29, 0.717) is 4.75 Å². The summed E-state index contributed by atoms with van der Waals surface area (Å²) in [5, 5.41) is 0. The third kappa shape index (κ3) is 0.590. The predicted molar refractivity (Wildman–Crippen MR) is 34.3 cm³/mol. The van der Waals surface area contributed by atoms with E-state index < -0.39 is 0 Å². The number of hydrogen-bond donors (Lipinski definition) is 0. The molecule has 0 aromatic carbocycles. The lowest BCUT2D eigenvalue weighted by molar-refractivity contribution is 1.03. The highest BCUT2D eigenvalue weighted by Crippen LogP contribution is 2.47. The van der Waals surface area contributed by atoms with Crippen molar-refractivity contribution in [2.24, 2.45) is 0 Å². The number of rotatable bonds is 0. The molecule has 0 nitrogen and oxygen atoms in total. The molecular weight excluding hydrogens is 112 g/mol. The maximum Gasteiger partial charge on any atom is 0.0647 e. The monoisotopic (exact) mass is 118 g/mol. The summed E-state index contributed by atoms with van der Waals surface area (Å²) < 4.78 is 1.51. The van der Waals surface area contributed by atoms with Crippen molar-refractivity contribution in [1.29, 1.82) is 0 Å². The predicted octanol–water partition coefficient (Wildman–Crippen LogP) is 1.84. The summed E-state index contributed by atoms with van der Waals surface area (Å²) in [7, 11) is 0. The van der Waals surface area contributed by atoms with Crippen molar-refractivity contribution in [2.75, 3.05) is 0 Å². The van der Waals surface area contributed by atoms with Crippen LogP contribution in [0, 0.1) is 0 Å². The van der Waals surface area contributed by atoms with Gasteiger partial charge in [0.25, 0.3) is 0 Å². The third-order valence-corrected chi connectivity index (χ3v) is 2.89. The van der Waals surface area contributed by atoms with Crippen LogP contribution in [0.4, 0.5) is 0 Å². The van der Waals surface area contributed by atoms with Gasteiger partial charge in [-0.3, -0.25) is 0 Å². The second-order valence-corrected chi connectivity index (χ2v) is 4.20. The Balaban J connectivity index is 2.63. The van der Waals surface area contributed by atoms with Crippen LogP contribution in [0.2, 0.25) is 0 Å². The van der Waals surface area contributed by atoms with Crippen LogP contribution in [-0.2, 0) is 0 Å². The van der Waals surface area contributed by atoms with Crippen molar-refractivity contribution in [3.63, 3.8) is 0 Å². The molecular formula is C4H6S2. The minimum absolute atomic E-state index is 0.356. The first-order valence-electron chi connectivity index (χ1n) is 1.86. The van der Waals surface area contributed by atoms with Gasteiger partial charge < -0.3 is 0 Å². The van der Waals surface area contributed by atoms with Crippen LogP contribution in [0.3, 0.4) is 0 Å². The van der Waals surface area contributed by atoms with Crippen LogP contribution in [-0.4, -0.2) is 8.94 Å². The molecule has 0 aromatic rings. The quantitative estimate of drug-likeness (QED) is 0.351. The Kier molecular flexibility index (Phi) is 0.754. The van der Waals surface area contributed by atoms with Gasteiger partial charge in [0.05, 0.1) is 8.94 Å². The molecule has 0 spiro atoms. The van der Waals surface area contributed by atoms with Crippen molar-refractivity contribution in [3.8, 4) is 0 Å². The molecule has 0 aromatic heterocycles. The Morgan fingerprint density at radius 3 is 1.83 bits per heavy atom. The first-order valence-corrected chi connectivity index (χ1v) is 3.09. The minimum atomic E-state index is 0.356. The first-order chi connectivity index (χ1) is 2.63. The van der Waals surface area contributed by atoms with Gasteiger partial charge in [0.2, 0.25) is 0 Å². The molecule has 2 heteroatoms. The van der Waals surface area contributed by atoms with Gasteiger partial charge in [0, 0.05) is 0 Å². The molecule has 0 atom stereocenters. The zero-order valence-corrected chi connectivity index (χ0v) is 5.45. The summed E-state index contributed by atoms with van der Waals surface area (Å²) in [4.78, 5) is 0. The second-order valence-electron chi connectivity index (χ2n) is 1.90. The summed E-state index contributed by atoms with van der Waals surface area (Å²) in [6.45, 7) is 4.28. The molecule has 0 aliphatic carbocycles. The molecule has 0 radical (unpaired) electrons. The van der Waals surface area contributed by atoms with Crippen LogP contribution < -0.4 is 0 Å². The maximum atomic E-state index is 4.85. The summed E-state index contributed by atoms with van der Waals surface area (Å²) in [6.07, 6.45) is 0. The molecule has 1 heterocycles. The summed E-state index contributed by atoms with van der Waals surface area (Å²) >= 11 is 6.63. The molecule has 34 valence electrons. The molecule has 1 aliphatic rings. The van der Waals surface area contributed by atoms with Gasteiger partial charge in [0.15, 0.2) is 0 Å². The van der Waals surface area contributed by atoms with E-state index in [-0.39, 0.29) is 0 Å². The van der Waals surface area contributed by atoms with Crippen molar-refractivity contribution in [2.45, 2.75) is 18.6 Å². The van der Waals surface area contributed by atoms with Gasteiger partial charge in [-0.2, -0.15) is 0 Å². The smallest absolute Gasteiger partial charge is 0.0647 e. The van der Waals surface area contributed by atoms with Gasteiger partial charge in [-0.25, -0.2) is 0 Å². The van der Waals surface area contributed by atoms with E-state index in [1.54, 1.807) is 11.8 Å². The summed E-state index contributed by atoms with van der Waals surface area (Å²) in [6, 6.07) is 0. The largest absolute Gasteiger partial charge is 0.105 e. The second kappa shape index (κ2) is 0.984. The van der Waals surface area contributed by atoms with Gasteiger partial charge in [0.1, 0.15) is 0 Å². The zero-order valence-electron chi connectivity index (χ0n) is 3.82. The van der Waals surface area contributed by atoms with E-state index in [1.165, 1.54) is 0 Å². The Morgan fingerprint density at radius 1 is 1.67 bits per heavy atom. The molecule has 6 heavy (non-hydrogen) atoms. The molecule has 1 aliphatic heterocycles. The first kappa shape index (κ1) is 4.60. The molecule has 1 rings (SSSR count). The normalized spacial score (nSPS) is 27.3. The van der Waals surface area contributed by atoms with Crippen molar-refractivity contribution in [3.05, 3.63) is 0 Å². The van der Waals surface area contributed by atoms with Gasteiger partial charge >= 0.3 is 0 Å². The van der Waals surface area contributed by atoms with Gasteiger partial charge in [-0.05, 0) is 13.8 Å². The highest BCUT2D eigenvalue weighted by molar-refractivity contribution is 8.35. The molecule has 1 saturated heterocycles. The summed E-state index contributed by atoms with van der Waals surface area (Å²) in [5.74, 6) is 0.